The summed E-state index contributed by atoms with van der Waals surface area (Å²) >= 11 is 0. The van der Waals surface area contributed by atoms with Crippen LogP contribution >= 0.6 is 0 Å². The maximum Gasteiger partial charge on any atom is 0.250 e. The zero-order valence-corrected chi connectivity index (χ0v) is 9.59. The zero-order valence-electron chi connectivity index (χ0n) is 9.59. The first kappa shape index (κ1) is 11.4. The second-order valence-corrected chi connectivity index (χ2v) is 4.52. The largest absolute Gasteiger partial charge is 0.387 e. The highest BCUT2D eigenvalue weighted by Crippen LogP contribution is 2.23. The predicted octanol–water partition coefficient (Wildman–Crippen LogP) is 0.305. The van der Waals surface area contributed by atoms with Gasteiger partial charge in [0.25, 0.3) is 5.56 Å². The fraction of sp³-hybridized carbons (Fsp3) is 0.583. The SMILES string of the molecule is CCC1(O)CN(CCn2ccccc2=O)C1. The van der Waals surface area contributed by atoms with Gasteiger partial charge in [-0.15, -0.1) is 0 Å². The van der Waals surface area contributed by atoms with Crippen LogP contribution in [0.1, 0.15) is 13.3 Å². The van der Waals surface area contributed by atoms with E-state index in [2.05, 4.69) is 4.90 Å². The van der Waals surface area contributed by atoms with E-state index >= 15 is 0 Å². The van der Waals surface area contributed by atoms with Crippen molar-refractivity contribution in [2.24, 2.45) is 0 Å². The highest BCUT2D eigenvalue weighted by molar-refractivity contribution is 4.96. The number of β-amino-alcohol motifs (C(OH)–C–C–N with tert-alkyl or cyclic N) is 1. The number of aliphatic hydroxyl groups is 1. The lowest BCUT2D eigenvalue weighted by Gasteiger charge is -2.46. The summed E-state index contributed by atoms with van der Waals surface area (Å²) in [7, 11) is 0. The molecule has 0 atom stereocenters. The standard InChI is InChI=1S/C12H18N2O2/c1-2-12(16)9-13(10-12)7-8-14-6-4-3-5-11(14)15/h3-6,16H,2,7-10H2,1H3. The molecule has 0 amide bonds. The molecule has 0 bridgehead atoms. The first-order chi connectivity index (χ1) is 7.63. The normalized spacial score (nSPS) is 19.4. The molecule has 4 heteroatoms. The number of hydrogen-bond donors (Lipinski definition) is 1. The van der Waals surface area contributed by atoms with Crippen molar-refractivity contribution in [1.82, 2.24) is 9.47 Å². The Hall–Kier alpha value is -1.13. The molecule has 2 heterocycles. The lowest BCUT2D eigenvalue weighted by Crippen LogP contribution is -2.61. The molecule has 2 rings (SSSR count). The van der Waals surface area contributed by atoms with Crippen LogP contribution in [0.3, 0.4) is 0 Å². The Morgan fingerprint density at radius 1 is 1.38 bits per heavy atom. The lowest BCUT2D eigenvalue weighted by atomic mass is 9.91. The summed E-state index contributed by atoms with van der Waals surface area (Å²) in [6.45, 7) is 4.97. The summed E-state index contributed by atoms with van der Waals surface area (Å²) < 4.78 is 1.70. The first-order valence-corrected chi connectivity index (χ1v) is 5.73. The van der Waals surface area contributed by atoms with Crippen molar-refractivity contribution in [2.75, 3.05) is 19.6 Å². The van der Waals surface area contributed by atoms with Gasteiger partial charge in [0.15, 0.2) is 0 Å². The molecule has 88 valence electrons. The number of pyridine rings is 1. The molecule has 1 aromatic heterocycles. The minimum atomic E-state index is -0.484. The van der Waals surface area contributed by atoms with E-state index in [1.165, 1.54) is 0 Å². The summed E-state index contributed by atoms with van der Waals surface area (Å²) in [5.41, 5.74) is -0.449. The summed E-state index contributed by atoms with van der Waals surface area (Å²) in [5, 5.41) is 9.83. The minimum Gasteiger partial charge on any atom is -0.387 e. The van der Waals surface area contributed by atoms with Gasteiger partial charge in [0.1, 0.15) is 0 Å². The molecule has 0 aromatic carbocycles. The Morgan fingerprint density at radius 2 is 2.12 bits per heavy atom. The number of rotatable bonds is 4. The Morgan fingerprint density at radius 3 is 2.75 bits per heavy atom. The molecule has 1 N–H and O–H groups in total. The van der Waals surface area contributed by atoms with Gasteiger partial charge < -0.3 is 9.67 Å². The average molecular weight is 222 g/mol. The van der Waals surface area contributed by atoms with E-state index < -0.39 is 5.60 Å². The van der Waals surface area contributed by atoms with Crippen LogP contribution < -0.4 is 5.56 Å². The molecule has 0 radical (unpaired) electrons. The molecule has 1 aliphatic rings. The van der Waals surface area contributed by atoms with Crippen molar-refractivity contribution in [3.8, 4) is 0 Å². The third-order valence-electron chi connectivity index (χ3n) is 3.25. The number of likely N-dealkylation sites (tertiary alicyclic amines) is 1. The van der Waals surface area contributed by atoms with Gasteiger partial charge in [-0.25, -0.2) is 0 Å². The van der Waals surface area contributed by atoms with Crippen LogP contribution in [0.15, 0.2) is 29.2 Å². The Bertz CT molecular complexity index is 407. The van der Waals surface area contributed by atoms with Gasteiger partial charge in [-0.2, -0.15) is 0 Å². The monoisotopic (exact) mass is 222 g/mol. The molecule has 0 aliphatic carbocycles. The van der Waals surface area contributed by atoms with Crippen LogP contribution in [0.4, 0.5) is 0 Å². The Balaban J connectivity index is 1.82. The Labute approximate surface area is 95.1 Å². The molecule has 1 aromatic rings. The van der Waals surface area contributed by atoms with Gasteiger partial charge in [-0.1, -0.05) is 13.0 Å². The number of aromatic nitrogens is 1. The second-order valence-electron chi connectivity index (χ2n) is 4.52. The molecule has 1 saturated heterocycles. The third kappa shape index (κ3) is 2.33. The molecular formula is C12H18N2O2. The van der Waals surface area contributed by atoms with Crippen LogP contribution in [0, 0.1) is 0 Å². The van der Waals surface area contributed by atoms with Gasteiger partial charge in [-0.05, 0) is 12.5 Å². The maximum absolute atomic E-state index is 11.4. The molecular weight excluding hydrogens is 204 g/mol. The van der Waals surface area contributed by atoms with E-state index in [0.717, 1.165) is 26.1 Å². The van der Waals surface area contributed by atoms with Crippen molar-refractivity contribution in [1.29, 1.82) is 0 Å². The fourth-order valence-corrected chi connectivity index (χ4v) is 2.06. The predicted molar refractivity (Wildman–Crippen MR) is 62.4 cm³/mol. The molecule has 0 unspecified atom stereocenters. The third-order valence-corrected chi connectivity index (χ3v) is 3.25. The quantitative estimate of drug-likeness (QED) is 0.797. The van der Waals surface area contributed by atoms with E-state index in [9.17, 15) is 9.90 Å². The van der Waals surface area contributed by atoms with E-state index in [-0.39, 0.29) is 5.56 Å². The van der Waals surface area contributed by atoms with Crippen LogP contribution in [0.5, 0.6) is 0 Å². The minimum absolute atomic E-state index is 0.0359. The van der Waals surface area contributed by atoms with Gasteiger partial charge in [0.2, 0.25) is 0 Å². The molecule has 0 spiro atoms. The smallest absolute Gasteiger partial charge is 0.250 e. The Kier molecular flexibility index (Phi) is 3.12. The summed E-state index contributed by atoms with van der Waals surface area (Å²) in [6, 6.07) is 5.18. The zero-order chi connectivity index (χ0) is 11.6. The number of nitrogens with zero attached hydrogens (tertiary/aromatic N) is 2. The fourth-order valence-electron chi connectivity index (χ4n) is 2.06. The second kappa shape index (κ2) is 4.39. The summed E-state index contributed by atoms with van der Waals surface area (Å²) in [5.74, 6) is 0. The van der Waals surface area contributed by atoms with Crippen LogP contribution in [-0.2, 0) is 6.54 Å². The number of hydrogen-bond acceptors (Lipinski definition) is 3. The lowest BCUT2D eigenvalue weighted by molar-refractivity contribution is -0.100. The first-order valence-electron chi connectivity index (χ1n) is 5.73. The summed E-state index contributed by atoms with van der Waals surface area (Å²) in [4.78, 5) is 13.6. The highest BCUT2D eigenvalue weighted by atomic mass is 16.3. The van der Waals surface area contributed by atoms with Gasteiger partial charge in [-0.3, -0.25) is 9.69 Å². The van der Waals surface area contributed by atoms with E-state index in [0.29, 0.717) is 6.54 Å². The van der Waals surface area contributed by atoms with Gasteiger partial charge >= 0.3 is 0 Å². The topological polar surface area (TPSA) is 45.5 Å². The maximum atomic E-state index is 11.4. The summed E-state index contributed by atoms with van der Waals surface area (Å²) in [6.07, 6.45) is 2.60. The molecule has 16 heavy (non-hydrogen) atoms. The molecule has 0 saturated carbocycles. The van der Waals surface area contributed by atoms with Crippen LogP contribution in [0.25, 0.3) is 0 Å². The van der Waals surface area contributed by atoms with E-state index in [1.807, 2.05) is 13.0 Å². The van der Waals surface area contributed by atoms with Gasteiger partial charge in [0.05, 0.1) is 5.60 Å². The molecule has 1 fully saturated rings. The highest BCUT2D eigenvalue weighted by Gasteiger charge is 2.38. The van der Waals surface area contributed by atoms with Crippen molar-refractivity contribution in [2.45, 2.75) is 25.5 Å². The van der Waals surface area contributed by atoms with Crippen LogP contribution in [-0.4, -0.2) is 39.8 Å². The van der Waals surface area contributed by atoms with E-state index in [1.54, 1.807) is 22.9 Å². The van der Waals surface area contributed by atoms with Crippen molar-refractivity contribution >= 4 is 0 Å². The van der Waals surface area contributed by atoms with Crippen molar-refractivity contribution in [3.05, 3.63) is 34.7 Å². The van der Waals surface area contributed by atoms with Crippen molar-refractivity contribution in [3.63, 3.8) is 0 Å². The average Bonchev–Trinajstić information content (AvgIpc) is 2.25. The van der Waals surface area contributed by atoms with Crippen LogP contribution in [0.2, 0.25) is 0 Å². The molecule has 4 nitrogen and oxygen atoms in total. The van der Waals surface area contributed by atoms with E-state index in [4.69, 9.17) is 0 Å². The van der Waals surface area contributed by atoms with Crippen molar-refractivity contribution < 1.29 is 5.11 Å². The molecule has 1 aliphatic heterocycles. The van der Waals surface area contributed by atoms with Gasteiger partial charge in [0, 0.05) is 38.4 Å².